The summed E-state index contributed by atoms with van der Waals surface area (Å²) in [6.45, 7) is 6.11. The number of carbonyl (C=O) groups is 1. The normalized spacial score (nSPS) is 27.9. The second-order valence-corrected chi connectivity index (χ2v) is 4.26. The van der Waals surface area contributed by atoms with Gasteiger partial charge in [0.05, 0.1) is 12.0 Å². The topological polar surface area (TPSA) is 58.6 Å². The van der Waals surface area contributed by atoms with Crippen LogP contribution in [0.25, 0.3) is 0 Å². The van der Waals surface area contributed by atoms with E-state index in [2.05, 4.69) is 12.2 Å². The highest BCUT2D eigenvalue weighted by Gasteiger charge is 2.26. The maximum atomic E-state index is 10.6. The summed E-state index contributed by atoms with van der Waals surface area (Å²) < 4.78 is 5.56. The molecule has 3 atom stereocenters. The van der Waals surface area contributed by atoms with Crippen LogP contribution in [-0.2, 0) is 9.53 Å². The summed E-state index contributed by atoms with van der Waals surface area (Å²) in [5, 5.41) is 11.9. The van der Waals surface area contributed by atoms with Crippen LogP contribution in [0.5, 0.6) is 0 Å². The lowest BCUT2D eigenvalue weighted by atomic mass is 9.99. The molecule has 0 radical (unpaired) electrons. The predicted molar refractivity (Wildman–Crippen MR) is 57.8 cm³/mol. The van der Waals surface area contributed by atoms with E-state index < -0.39 is 5.97 Å². The maximum Gasteiger partial charge on any atom is 0.307 e. The van der Waals surface area contributed by atoms with Gasteiger partial charge in [-0.2, -0.15) is 0 Å². The second kappa shape index (κ2) is 6.08. The molecular weight excluding hydrogens is 194 g/mol. The van der Waals surface area contributed by atoms with Gasteiger partial charge in [0.25, 0.3) is 0 Å². The molecule has 4 heteroatoms. The van der Waals surface area contributed by atoms with Crippen molar-refractivity contribution in [2.45, 2.75) is 32.8 Å². The molecule has 4 nitrogen and oxygen atoms in total. The Kier molecular flexibility index (Phi) is 5.05. The van der Waals surface area contributed by atoms with Crippen LogP contribution in [0.2, 0.25) is 0 Å². The van der Waals surface area contributed by atoms with Crippen molar-refractivity contribution in [2.24, 2.45) is 11.8 Å². The zero-order valence-electron chi connectivity index (χ0n) is 9.53. The Morgan fingerprint density at radius 3 is 3.00 bits per heavy atom. The summed E-state index contributed by atoms with van der Waals surface area (Å²) in [5.41, 5.74) is 0. The molecule has 0 saturated carbocycles. The lowest BCUT2D eigenvalue weighted by Crippen LogP contribution is -2.33. The van der Waals surface area contributed by atoms with Gasteiger partial charge in [0.15, 0.2) is 0 Å². The number of hydrogen-bond acceptors (Lipinski definition) is 3. The molecule has 0 bridgehead atoms. The van der Waals surface area contributed by atoms with Gasteiger partial charge in [0, 0.05) is 19.7 Å². The lowest BCUT2D eigenvalue weighted by molar-refractivity contribution is -0.140. The fourth-order valence-corrected chi connectivity index (χ4v) is 1.95. The van der Waals surface area contributed by atoms with Crippen molar-refractivity contribution in [1.82, 2.24) is 5.32 Å². The highest BCUT2D eigenvalue weighted by atomic mass is 16.5. The van der Waals surface area contributed by atoms with Gasteiger partial charge in [-0.3, -0.25) is 4.79 Å². The molecule has 3 unspecified atom stereocenters. The largest absolute Gasteiger partial charge is 0.481 e. The van der Waals surface area contributed by atoms with Gasteiger partial charge in [-0.1, -0.05) is 13.8 Å². The molecule has 1 heterocycles. The summed E-state index contributed by atoms with van der Waals surface area (Å²) in [6.07, 6.45) is 2.49. The highest BCUT2D eigenvalue weighted by molar-refractivity contribution is 5.69. The van der Waals surface area contributed by atoms with Crippen LogP contribution in [0.3, 0.4) is 0 Å². The molecule has 1 rings (SSSR count). The Labute approximate surface area is 91.0 Å². The molecule has 0 aromatic heterocycles. The molecule has 0 aromatic carbocycles. The van der Waals surface area contributed by atoms with Crippen molar-refractivity contribution >= 4 is 5.97 Å². The van der Waals surface area contributed by atoms with E-state index in [1.54, 1.807) is 6.92 Å². The van der Waals surface area contributed by atoms with Crippen molar-refractivity contribution in [2.75, 3.05) is 19.7 Å². The number of rotatable bonds is 6. The SMILES string of the molecule is CCC1OCCC1CNCC(C)C(=O)O. The number of hydrogen-bond donors (Lipinski definition) is 2. The van der Waals surface area contributed by atoms with Crippen molar-refractivity contribution in [3.63, 3.8) is 0 Å². The van der Waals surface area contributed by atoms with Gasteiger partial charge >= 0.3 is 5.97 Å². The Hall–Kier alpha value is -0.610. The second-order valence-electron chi connectivity index (χ2n) is 4.26. The van der Waals surface area contributed by atoms with Gasteiger partial charge in [-0.05, 0) is 18.8 Å². The Morgan fingerprint density at radius 1 is 1.67 bits per heavy atom. The third kappa shape index (κ3) is 3.80. The quantitative estimate of drug-likeness (QED) is 0.697. The number of ether oxygens (including phenoxy) is 1. The summed E-state index contributed by atoms with van der Waals surface area (Å²) in [6, 6.07) is 0. The Morgan fingerprint density at radius 2 is 2.40 bits per heavy atom. The molecule has 1 aliphatic rings. The van der Waals surface area contributed by atoms with Gasteiger partial charge in [-0.25, -0.2) is 0 Å². The van der Waals surface area contributed by atoms with Gasteiger partial charge < -0.3 is 15.2 Å². The van der Waals surface area contributed by atoms with E-state index in [0.29, 0.717) is 18.6 Å². The van der Waals surface area contributed by atoms with Crippen molar-refractivity contribution < 1.29 is 14.6 Å². The molecule has 1 fully saturated rings. The zero-order chi connectivity index (χ0) is 11.3. The smallest absolute Gasteiger partial charge is 0.307 e. The Balaban J connectivity index is 2.17. The summed E-state index contributed by atoms with van der Waals surface area (Å²) in [5.74, 6) is -0.499. The lowest BCUT2D eigenvalue weighted by Gasteiger charge is -2.18. The first kappa shape index (κ1) is 12.5. The summed E-state index contributed by atoms with van der Waals surface area (Å²) >= 11 is 0. The van der Waals surface area contributed by atoms with E-state index in [0.717, 1.165) is 26.0 Å². The minimum absolute atomic E-state index is 0.313. The molecule has 1 saturated heterocycles. The number of carboxylic acids is 1. The average Bonchev–Trinajstić information content (AvgIpc) is 2.65. The monoisotopic (exact) mass is 215 g/mol. The fourth-order valence-electron chi connectivity index (χ4n) is 1.95. The van der Waals surface area contributed by atoms with Crippen LogP contribution in [0.4, 0.5) is 0 Å². The van der Waals surface area contributed by atoms with Crippen LogP contribution in [0.1, 0.15) is 26.7 Å². The first-order valence-corrected chi connectivity index (χ1v) is 5.70. The van der Waals surface area contributed by atoms with Crippen LogP contribution >= 0.6 is 0 Å². The van der Waals surface area contributed by atoms with Crippen LogP contribution in [0, 0.1) is 11.8 Å². The molecule has 0 amide bonds. The van der Waals surface area contributed by atoms with Crippen LogP contribution in [0.15, 0.2) is 0 Å². The maximum absolute atomic E-state index is 10.6. The molecule has 88 valence electrons. The first-order chi connectivity index (χ1) is 7.15. The average molecular weight is 215 g/mol. The zero-order valence-corrected chi connectivity index (χ0v) is 9.53. The molecular formula is C11H21NO3. The van der Waals surface area contributed by atoms with Crippen LogP contribution in [-0.4, -0.2) is 36.9 Å². The molecule has 2 N–H and O–H groups in total. The number of aliphatic carboxylic acids is 1. The van der Waals surface area contributed by atoms with Crippen molar-refractivity contribution in [3.8, 4) is 0 Å². The molecule has 0 spiro atoms. The minimum Gasteiger partial charge on any atom is -0.481 e. The standard InChI is InChI=1S/C11H21NO3/c1-3-10-9(4-5-15-10)7-12-6-8(2)11(13)14/h8-10,12H,3-7H2,1-2H3,(H,13,14). The third-order valence-corrected chi connectivity index (χ3v) is 3.03. The van der Waals surface area contributed by atoms with E-state index in [9.17, 15) is 4.79 Å². The van der Waals surface area contributed by atoms with Crippen LogP contribution < -0.4 is 5.32 Å². The van der Waals surface area contributed by atoms with Gasteiger partial charge in [-0.15, -0.1) is 0 Å². The highest BCUT2D eigenvalue weighted by Crippen LogP contribution is 2.22. The third-order valence-electron chi connectivity index (χ3n) is 3.03. The van der Waals surface area contributed by atoms with E-state index in [1.165, 1.54) is 0 Å². The van der Waals surface area contributed by atoms with E-state index in [-0.39, 0.29) is 5.92 Å². The summed E-state index contributed by atoms with van der Waals surface area (Å²) in [7, 11) is 0. The van der Waals surface area contributed by atoms with E-state index >= 15 is 0 Å². The Bertz CT molecular complexity index is 208. The number of carboxylic acid groups (broad SMARTS) is 1. The first-order valence-electron chi connectivity index (χ1n) is 5.70. The molecule has 1 aliphatic heterocycles. The fraction of sp³-hybridized carbons (Fsp3) is 0.909. The van der Waals surface area contributed by atoms with E-state index in [1.807, 2.05) is 0 Å². The van der Waals surface area contributed by atoms with Crippen molar-refractivity contribution in [1.29, 1.82) is 0 Å². The molecule has 0 aliphatic carbocycles. The van der Waals surface area contributed by atoms with Crippen molar-refractivity contribution in [3.05, 3.63) is 0 Å². The van der Waals surface area contributed by atoms with Gasteiger partial charge in [0.1, 0.15) is 0 Å². The molecule has 15 heavy (non-hydrogen) atoms. The van der Waals surface area contributed by atoms with Gasteiger partial charge in [0.2, 0.25) is 0 Å². The molecule has 0 aromatic rings. The summed E-state index contributed by atoms with van der Waals surface area (Å²) in [4.78, 5) is 10.6. The number of nitrogens with one attached hydrogen (secondary N) is 1. The predicted octanol–water partition coefficient (Wildman–Crippen LogP) is 1.11. The van der Waals surface area contributed by atoms with E-state index in [4.69, 9.17) is 9.84 Å². The minimum atomic E-state index is -0.739.